The summed E-state index contributed by atoms with van der Waals surface area (Å²) in [4.78, 5) is 0. The molecule has 1 aromatic rings. The smallest absolute Gasteiger partial charge is 0.124 e. The molecule has 1 N–H and O–H groups in total. The molecule has 1 saturated carbocycles. The molecule has 2 rings (SSSR count). The maximum Gasteiger partial charge on any atom is 0.124 e. The molecule has 0 saturated heterocycles. The summed E-state index contributed by atoms with van der Waals surface area (Å²) in [5.74, 6) is 1.28. The van der Waals surface area contributed by atoms with Gasteiger partial charge in [0.15, 0.2) is 0 Å². The molecule has 112 valence electrons. The van der Waals surface area contributed by atoms with Crippen LogP contribution in [-0.4, -0.2) is 12.6 Å². The Morgan fingerprint density at radius 2 is 1.90 bits per heavy atom. The first-order chi connectivity index (χ1) is 9.54. The van der Waals surface area contributed by atoms with Crippen LogP contribution in [0.1, 0.15) is 45.1 Å². The molecular weight excluding hydrogens is 317 g/mol. The highest BCUT2D eigenvalue weighted by molar-refractivity contribution is 9.10. The van der Waals surface area contributed by atoms with Crippen molar-refractivity contribution >= 4 is 15.9 Å². The lowest BCUT2D eigenvalue weighted by Crippen LogP contribution is -2.35. The van der Waals surface area contributed by atoms with E-state index in [0.717, 1.165) is 28.9 Å². The van der Waals surface area contributed by atoms with Crippen LogP contribution in [0.2, 0.25) is 0 Å². The molecule has 1 aliphatic rings. The van der Waals surface area contributed by atoms with Crippen molar-refractivity contribution in [2.24, 2.45) is 11.8 Å². The molecule has 0 bridgehead atoms. The standard InChI is InChI=1S/C17H25BrFN/c1-12(2)20-11-15-6-4-3-5-14(15)7-13-8-16(18)10-17(19)9-13/h8-10,12,14-15,20H,3-7,11H2,1-2H3. The second-order valence-corrected chi connectivity index (χ2v) is 7.27. The van der Waals surface area contributed by atoms with E-state index in [2.05, 4.69) is 41.2 Å². The Labute approximate surface area is 130 Å². The highest BCUT2D eigenvalue weighted by Gasteiger charge is 2.25. The van der Waals surface area contributed by atoms with Crippen molar-refractivity contribution in [2.45, 2.75) is 52.0 Å². The Morgan fingerprint density at radius 3 is 2.55 bits per heavy atom. The highest BCUT2D eigenvalue weighted by Crippen LogP contribution is 2.33. The lowest BCUT2D eigenvalue weighted by Gasteiger charge is -2.32. The molecule has 2 atom stereocenters. The van der Waals surface area contributed by atoms with Crippen molar-refractivity contribution < 1.29 is 4.39 Å². The SMILES string of the molecule is CC(C)NCC1CCCCC1Cc1cc(F)cc(Br)c1. The zero-order valence-electron chi connectivity index (χ0n) is 12.5. The zero-order chi connectivity index (χ0) is 14.5. The summed E-state index contributed by atoms with van der Waals surface area (Å²) < 4.78 is 14.3. The molecule has 0 radical (unpaired) electrons. The topological polar surface area (TPSA) is 12.0 Å². The summed E-state index contributed by atoms with van der Waals surface area (Å²) in [5.41, 5.74) is 1.12. The van der Waals surface area contributed by atoms with E-state index in [0.29, 0.717) is 12.0 Å². The van der Waals surface area contributed by atoms with Crippen molar-refractivity contribution in [3.8, 4) is 0 Å². The fraction of sp³-hybridized carbons (Fsp3) is 0.647. The average Bonchev–Trinajstić information content (AvgIpc) is 2.36. The minimum atomic E-state index is -0.137. The van der Waals surface area contributed by atoms with Gasteiger partial charge in [0.1, 0.15) is 5.82 Å². The van der Waals surface area contributed by atoms with Crippen LogP contribution < -0.4 is 5.32 Å². The molecule has 1 fully saturated rings. The van der Waals surface area contributed by atoms with Gasteiger partial charge in [-0.1, -0.05) is 42.6 Å². The molecular formula is C17H25BrFN. The van der Waals surface area contributed by atoms with Crippen LogP contribution in [0.4, 0.5) is 4.39 Å². The van der Waals surface area contributed by atoms with Crippen LogP contribution in [0.3, 0.4) is 0 Å². The molecule has 0 heterocycles. The molecule has 0 aliphatic heterocycles. The number of rotatable bonds is 5. The average molecular weight is 342 g/mol. The first-order valence-electron chi connectivity index (χ1n) is 7.73. The number of halogens is 2. The van der Waals surface area contributed by atoms with Crippen LogP contribution in [0.25, 0.3) is 0 Å². The Balaban J connectivity index is 2.00. The summed E-state index contributed by atoms with van der Waals surface area (Å²) in [6.07, 6.45) is 6.24. The van der Waals surface area contributed by atoms with Crippen molar-refractivity contribution in [3.05, 3.63) is 34.1 Å². The summed E-state index contributed by atoms with van der Waals surface area (Å²) in [7, 11) is 0. The predicted octanol–water partition coefficient (Wildman–Crippen LogP) is 4.94. The molecule has 2 unspecified atom stereocenters. The first kappa shape index (κ1) is 16.0. The quantitative estimate of drug-likeness (QED) is 0.800. The van der Waals surface area contributed by atoms with Gasteiger partial charge in [0.05, 0.1) is 0 Å². The Kier molecular flexibility index (Phi) is 6.03. The molecule has 1 aromatic carbocycles. The molecule has 1 nitrogen and oxygen atoms in total. The molecule has 3 heteroatoms. The predicted molar refractivity (Wildman–Crippen MR) is 86.4 cm³/mol. The van der Waals surface area contributed by atoms with Crippen LogP contribution in [0.5, 0.6) is 0 Å². The van der Waals surface area contributed by atoms with Crippen LogP contribution in [-0.2, 0) is 6.42 Å². The lowest BCUT2D eigenvalue weighted by molar-refractivity contribution is 0.224. The van der Waals surface area contributed by atoms with Gasteiger partial charge in [-0.05, 0) is 61.4 Å². The summed E-state index contributed by atoms with van der Waals surface area (Å²) >= 11 is 3.39. The van der Waals surface area contributed by atoms with E-state index in [1.807, 2.05) is 0 Å². The van der Waals surface area contributed by atoms with Crippen LogP contribution in [0, 0.1) is 17.7 Å². The summed E-state index contributed by atoms with van der Waals surface area (Å²) in [6, 6.07) is 5.82. The van der Waals surface area contributed by atoms with Gasteiger partial charge in [0.25, 0.3) is 0 Å². The second kappa shape index (κ2) is 7.56. The molecule has 1 aliphatic carbocycles. The first-order valence-corrected chi connectivity index (χ1v) is 8.52. The maximum absolute atomic E-state index is 13.5. The molecule has 20 heavy (non-hydrogen) atoms. The number of benzene rings is 1. The number of nitrogens with one attached hydrogen (secondary N) is 1. The van der Waals surface area contributed by atoms with E-state index in [1.54, 1.807) is 6.07 Å². The zero-order valence-corrected chi connectivity index (χ0v) is 14.0. The van der Waals surface area contributed by atoms with E-state index >= 15 is 0 Å². The minimum Gasteiger partial charge on any atom is -0.314 e. The third-order valence-electron chi connectivity index (χ3n) is 4.28. The van der Waals surface area contributed by atoms with Crippen molar-refractivity contribution in [3.63, 3.8) is 0 Å². The fourth-order valence-corrected chi connectivity index (χ4v) is 3.75. The largest absolute Gasteiger partial charge is 0.314 e. The van der Waals surface area contributed by atoms with E-state index in [-0.39, 0.29) is 5.82 Å². The van der Waals surface area contributed by atoms with Gasteiger partial charge in [0, 0.05) is 10.5 Å². The third kappa shape index (κ3) is 4.85. The van der Waals surface area contributed by atoms with E-state index in [4.69, 9.17) is 0 Å². The summed E-state index contributed by atoms with van der Waals surface area (Å²) in [6.45, 7) is 5.49. The highest BCUT2D eigenvalue weighted by atomic mass is 79.9. The molecule has 0 aromatic heterocycles. The fourth-order valence-electron chi connectivity index (χ4n) is 3.24. The normalized spacial score (nSPS) is 23.2. The van der Waals surface area contributed by atoms with E-state index in [9.17, 15) is 4.39 Å². The van der Waals surface area contributed by atoms with E-state index in [1.165, 1.54) is 31.7 Å². The Morgan fingerprint density at radius 1 is 1.20 bits per heavy atom. The number of hydrogen-bond acceptors (Lipinski definition) is 1. The van der Waals surface area contributed by atoms with Gasteiger partial charge >= 0.3 is 0 Å². The van der Waals surface area contributed by atoms with Gasteiger partial charge in [0.2, 0.25) is 0 Å². The van der Waals surface area contributed by atoms with Crippen molar-refractivity contribution in [2.75, 3.05) is 6.54 Å². The maximum atomic E-state index is 13.5. The van der Waals surface area contributed by atoms with E-state index < -0.39 is 0 Å². The van der Waals surface area contributed by atoms with Gasteiger partial charge in [-0.15, -0.1) is 0 Å². The second-order valence-electron chi connectivity index (χ2n) is 6.35. The lowest BCUT2D eigenvalue weighted by atomic mass is 9.76. The van der Waals surface area contributed by atoms with Gasteiger partial charge in [-0.3, -0.25) is 0 Å². The van der Waals surface area contributed by atoms with Crippen molar-refractivity contribution in [1.29, 1.82) is 0 Å². The summed E-state index contributed by atoms with van der Waals surface area (Å²) in [5, 5.41) is 3.57. The van der Waals surface area contributed by atoms with Crippen molar-refractivity contribution in [1.82, 2.24) is 5.32 Å². The number of hydrogen-bond donors (Lipinski definition) is 1. The van der Waals surface area contributed by atoms with Gasteiger partial charge < -0.3 is 5.32 Å². The Bertz CT molecular complexity index is 413. The monoisotopic (exact) mass is 341 g/mol. The third-order valence-corrected chi connectivity index (χ3v) is 4.73. The van der Waals surface area contributed by atoms with Crippen LogP contribution >= 0.6 is 15.9 Å². The van der Waals surface area contributed by atoms with Gasteiger partial charge in [-0.25, -0.2) is 4.39 Å². The molecule has 0 amide bonds. The van der Waals surface area contributed by atoms with Gasteiger partial charge in [-0.2, -0.15) is 0 Å². The molecule has 0 spiro atoms. The Hall–Kier alpha value is -0.410. The minimum absolute atomic E-state index is 0.137. The van der Waals surface area contributed by atoms with Crippen LogP contribution in [0.15, 0.2) is 22.7 Å².